The molecule has 0 radical (unpaired) electrons. The molecule has 2 rings (SSSR count). The molecule has 0 heterocycles. The fourth-order valence-corrected chi connectivity index (χ4v) is 7.39. The van der Waals surface area contributed by atoms with E-state index in [0.29, 0.717) is 12.8 Å². The maximum atomic E-state index is 13.5. The molecule has 0 aliphatic rings. The highest BCUT2D eigenvalue weighted by Crippen LogP contribution is 2.52. The molecule has 0 atom stereocenters. The standard InChI is InChI=1S/C35H56O4.H4O5P2/c1-9-15-17-30-24(7)19-26(11-3)32(28(30)13-5)35(39,34(21-36,22-37)23-38)33-27(12-4)20-25(8)31(18-16-10-2)29(33)14-6;1-6(2)5-7(3)4/h19-20,36-39H,9-18,21-23H2,1-8H3;1-4H. The van der Waals surface area contributed by atoms with E-state index in [0.717, 1.165) is 84.7 Å². The summed E-state index contributed by atoms with van der Waals surface area (Å²) in [5, 5.41) is 46.3. The summed E-state index contributed by atoms with van der Waals surface area (Å²) in [6.07, 6.45) is 8.93. The van der Waals surface area contributed by atoms with Crippen molar-refractivity contribution < 1.29 is 44.3 Å². The van der Waals surface area contributed by atoms with Gasteiger partial charge in [-0.1, -0.05) is 66.5 Å². The van der Waals surface area contributed by atoms with Gasteiger partial charge >= 0.3 is 17.2 Å². The lowest BCUT2D eigenvalue weighted by molar-refractivity contribution is -0.137. The maximum Gasteiger partial charge on any atom is 0.334 e. The Hall–Kier alpha value is -1.06. The molecule has 2 aromatic rings. The van der Waals surface area contributed by atoms with Crippen molar-refractivity contribution in [1.29, 1.82) is 0 Å². The summed E-state index contributed by atoms with van der Waals surface area (Å²) < 4.78 is 3.60. The Morgan fingerprint density at radius 2 is 0.935 bits per heavy atom. The molecule has 0 aliphatic carbocycles. The van der Waals surface area contributed by atoms with Crippen LogP contribution in [0.15, 0.2) is 12.1 Å². The zero-order valence-electron chi connectivity index (χ0n) is 29.2. The molecule has 0 aromatic heterocycles. The van der Waals surface area contributed by atoms with Gasteiger partial charge in [-0.3, -0.25) is 0 Å². The highest BCUT2D eigenvalue weighted by molar-refractivity contribution is 7.53. The van der Waals surface area contributed by atoms with E-state index in [1.807, 2.05) is 0 Å². The van der Waals surface area contributed by atoms with Crippen LogP contribution in [0, 0.1) is 19.3 Å². The van der Waals surface area contributed by atoms with Crippen LogP contribution in [0.25, 0.3) is 0 Å². The van der Waals surface area contributed by atoms with Crippen LogP contribution in [-0.2, 0) is 48.4 Å². The second-order valence-corrected chi connectivity index (χ2v) is 13.7. The molecule has 0 fully saturated rings. The molecule has 0 bridgehead atoms. The Morgan fingerprint density at radius 1 is 0.587 bits per heavy atom. The van der Waals surface area contributed by atoms with Gasteiger partial charge in [-0.25, -0.2) is 4.31 Å². The number of aliphatic hydroxyl groups excluding tert-OH is 3. The molecule has 0 amide bonds. The number of hydrogen-bond donors (Lipinski definition) is 8. The van der Waals surface area contributed by atoms with Crippen LogP contribution in [-0.4, -0.2) is 59.8 Å². The van der Waals surface area contributed by atoms with Crippen molar-refractivity contribution in [1.82, 2.24) is 0 Å². The number of unbranched alkanes of at least 4 members (excludes halogenated alkanes) is 2. The number of rotatable bonds is 18. The second kappa shape index (κ2) is 20.5. The van der Waals surface area contributed by atoms with Crippen LogP contribution >= 0.6 is 17.2 Å². The highest BCUT2D eigenvalue weighted by atomic mass is 31.2. The molecular formula is C35H60O9P2. The maximum absolute atomic E-state index is 13.5. The van der Waals surface area contributed by atoms with E-state index in [9.17, 15) is 20.4 Å². The smallest absolute Gasteiger partial charge is 0.334 e. The van der Waals surface area contributed by atoms with Gasteiger partial charge in [-0.2, -0.15) is 0 Å². The van der Waals surface area contributed by atoms with Crippen molar-refractivity contribution in [2.24, 2.45) is 5.41 Å². The number of aryl methyl sites for hydroxylation is 4. The average Bonchev–Trinajstić information content (AvgIpc) is 3.02. The monoisotopic (exact) mass is 686 g/mol. The third kappa shape index (κ3) is 9.55. The van der Waals surface area contributed by atoms with E-state index in [2.05, 4.69) is 71.8 Å². The Bertz CT molecular complexity index is 1130. The summed E-state index contributed by atoms with van der Waals surface area (Å²) in [6, 6.07) is 4.40. The molecule has 8 N–H and O–H groups in total. The molecule has 11 heteroatoms. The Kier molecular flexibility index (Phi) is 19.1. The van der Waals surface area contributed by atoms with E-state index >= 15 is 0 Å². The summed E-state index contributed by atoms with van der Waals surface area (Å²) in [4.78, 5) is 31.3. The van der Waals surface area contributed by atoms with Crippen molar-refractivity contribution >= 4 is 17.2 Å². The van der Waals surface area contributed by atoms with E-state index in [1.165, 1.54) is 22.3 Å². The van der Waals surface area contributed by atoms with E-state index in [1.54, 1.807) is 0 Å². The summed E-state index contributed by atoms with van der Waals surface area (Å²) >= 11 is 0. The molecule has 46 heavy (non-hydrogen) atoms. The van der Waals surface area contributed by atoms with Gasteiger partial charge in [0, 0.05) is 0 Å². The zero-order chi connectivity index (χ0) is 35.2. The predicted molar refractivity (Wildman–Crippen MR) is 188 cm³/mol. The highest BCUT2D eigenvalue weighted by Gasteiger charge is 2.55. The third-order valence-corrected chi connectivity index (χ3v) is 10.5. The first-order valence-electron chi connectivity index (χ1n) is 16.7. The second-order valence-electron chi connectivity index (χ2n) is 12.0. The van der Waals surface area contributed by atoms with E-state index in [4.69, 9.17) is 19.6 Å². The fourth-order valence-electron chi connectivity index (χ4n) is 6.86. The van der Waals surface area contributed by atoms with Gasteiger partial charge in [-0.15, -0.1) is 0 Å². The minimum absolute atomic E-state index is 0.536. The van der Waals surface area contributed by atoms with Gasteiger partial charge in [0.2, 0.25) is 0 Å². The van der Waals surface area contributed by atoms with Gasteiger partial charge in [0.15, 0.2) is 0 Å². The van der Waals surface area contributed by atoms with E-state index in [-0.39, 0.29) is 0 Å². The van der Waals surface area contributed by atoms with E-state index < -0.39 is 48.0 Å². The van der Waals surface area contributed by atoms with Crippen molar-refractivity contribution in [3.63, 3.8) is 0 Å². The van der Waals surface area contributed by atoms with Crippen LogP contribution in [0.4, 0.5) is 0 Å². The Labute approximate surface area is 279 Å². The van der Waals surface area contributed by atoms with Crippen LogP contribution in [0.1, 0.15) is 123 Å². The van der Waals surface area contributed by atoms with Crippen molar-refractivity contribution in [2.75, 3.05) is 19.8 Å². The lowest BCUT2D eigenvalue weighted by atomic mass is 9.60. The first-order chi connectivity index (χ1) is 21.8. The van der Waals surface area contributed by atoms with Crippen LogP contribution in [0.3, 0.4) is 0 Å². The van der Waals surface area contributed by atoms with Crippen molar-refractivity contribution in [3.05, 3.63) is 67.8 Å². The lowest BCUT2D eigenvalue weighted by Gasteiger charge is -2.49. The average molecular weight is 687 g/mol. The number of benzene rings is 2. The minimum atomic E-state index is -2.61. The predicted octanol–water partition coefficient (Wildman–Crippen LogP) is 5.86. The Morgan fingerprint density at radius 3 is 1.15 bits per heavy atom. The van der Waals surface area contributed by atoms with Gasteiger partial charge in [0.05, 0.1) is 25.2 Å². The third-order valence-electron chi connectivity index (χ3n) is 9.28. The van der Waals surface area contributed by atoms with Crippen LogP contribution in [0.5, 0.6) is 0 Å². The van der Waals surface area contributed by atoms with Gasteiger partial charge in [0.1, 0.15) is 5.60 Å². The van der Waals surface area contributed by atoms with Gasteiger partial charge < -0.3 is 40.0 Å². The van der Waals surface area contributed by atoms with Gasteiger partial charge in [-0.05, 0) is 121 Å². The SMILES string of the molecule is CCCCc1c(C)cc(CC)c(C(O)(c2c(CC)cc(C)c(CCCC)c2CC)C(CO)(CO)CO)c1CC.OP(O)OP(O)O. The summed E-state index contributed by atoms with van der Waals surface area (Å²) in [6.45, 7) is 15.6. The normalized spacial score (nSPS) is 12.2. The molecule has 0 unspecified atom stereocenters. The zero-order valence-corrected chi connectivity index (χ0v) is 31.0. The molecule has 264 valence electrons. The first-order valence-corrected chi connectivity index (χ1v) is 19.0. The number of aliphatic hydroxyl groups is 4. The largest absolute Gasteiger partial charge is 0.395 e. The number of hydrogen-bond acceptors (Lipinski definition) is 9. The fraction of sp³-hybridized carbons (Fsp3) is 0.657. The molecule has 0 saturated heterocycles. The summed E-state index contributed by atoms with van der Waals surface area (Å²) in [5.41, 5.74) is 7.43. The van der Waals surface area contributed by atoms with Crippen LogP contribution < -0.4 is 0 Å². The first kappa shape index (κ1) is 43.0. The summed E-state index contributed by atoms with van der Waals surface area (Å²) in [7, 11) is -5.22. The molecule has 0 saturated carbocycles. The molecule has 9 nitrogen and oxygen atoms in total. The Balaban J connectivity index is 0.00000135. The molecule has 0 aliphatic heterocycles. The lowest BCUT2D eigenvalue weighted by Crippen LogP contribution is -2.56. The van der Waals surface area contributed by atoms with Crippen LogP contribution in [0.2, 0.25) is 0 Å². The minimum Gasteiger partial charge on any atom is -0.395 e. The quantitative estimate of drug-likeness (QED) is 0.0895. The summed E-state index contributed by atoms with van der Waals surface area (Å²) in [5.74, 6) is 0. The topological polar surface area (TPSA) is 171 Å². The van der Waals surface area contributed by atoms with Crippen molar-refractivity contribution in [2.45, 2.75) is 125 Å². The molecular weight excluding hydrogens is 626 g/mol. The molecule has 0 spiro atoms. The van der Waals surface area contributed by atoms with Crippen molar-refractivity contribution in [3.8, 4) is 0 Å². The molecule has 2 aromatic carbocycles. The van der Waals surface area contributed by atoms with Gasteiger partial charge in [0.25, 0.3) is 0 Å².